The number of nitrogens with zero attached hydrogens (tertiary/aromatic N) is 3. The van der Waals surface area contributed by atoms with Crippen LogP contribution >= 0.6 is 11.8 Å². The summed E-state index contributed by atoms with van der Waals surface area (Å²) in [5.41, 5.74) is 2.91. The molecule has 2 aromatic rings. The molecule has 0 unspecified atom stereocenters. The fourth-order valence-corrected chi connectivity index (χ4v) is 5.02. The van der Waals surface area contributed by atoms with Crippen molar-refractivity contribution in [3.05, 3.63) is 51.6 Å². The number of amides is 1. The maximum atomic E-state index is 12.8. The molecule has 1 fully saturated rings. The Morgan fingerprint density at radius 1 is 1.15 bits per heavy atom. The smallest absolute Gasteiger partial charge is 0.348 e. The third kappa shape index (κ3) is 5.82. The monoisotopic (exact) mass is 472 g/mol. The standard InChI is InChI=1S/C23H28N4O5S/c1-31-22(29)16-5-7-17(8-6-16)24-20(28)15-33-21-18-3-2-4-19(18)27(23(30)25-21)10-9-26-11-13-32-14-12-26/h5-8H,2-4,9-15H2,1H3,(H,24,28). The predicted octanol–water partition coefficient (Wildman–Crippen LogP) is 1.58. The van der Waals surface area contributed by atoms with Gasteiger partial charge >= 0.3 is 11.7 Å². The van der Waals surface area contributed by atoms with Gasteiger partial charge in [-0.2, -0.15) is 4.98 Å². The molecule has 1 saturated heterocycles. The van der Waals surface area contributed by atoms with Crippen LogP contribution in [0.5, 0.6) is 0 Å². The van der Waals surface area contributed by atoms with Crippen molar-refractivity contribution in [2.45, 2.75) is 30.8 Å². The molecule has 1 amide bonds. The number of benzene rings is 1. The topological polar surface area (TPSA) is 103 Å². The van der Waals surface area contributed by atoms with Crippen LogP contribution in [0.4, 0.5) is 5.69 Å². The van der Waals surface area contributed by atoms with Gasteiger partial charge in [-0.25, -0.2) is 9.59 Å². The Hall–Kier alpha value is -2.69. The van der Waals surface area contributed by atoms with Crippen LogP contribution in [0.1, 0.15) is 28.0 Å². The first-order valence-corrected chi connectivity index (χ1v) is 12.1. The molecular formula is C23H28N4O5S. The lowest BCUT2D eigenvalue weighted by Crippen LogP contribution is -2.40. The number of thioether (sulfide) groups is 1. The largest absolute Gasteiger partial charge is 0.465 e. The first-order valence-electron chi connectivity index (χ1n) is 11.1. The minimum atomic E-state index is -0.428. The summed E-state index contributed by atoms with van der Waals surface area (Å²) in [5.74, 6) is -0.478. The van der Waals surface area contributed by atoms with Crippen molar-refractivity contribution in [3.8, 4) is 0 Å². The lowest BCUT2D eigenvalue weighted by atomic mass is 10.2. The van der Waals surface area contributed by atoms with E-state index in [4.69, 9.17) is 4.74 Å². The average Bonchev–Trinajstić information content (AvgIpc) is 3.33. The summed E-state index contributed by atoms with van der Waals surface area (Å²) >= 11 is 1.30. The summed E-state index contributed by atoms with van der Waals surface area (Å²) in [5, 5.41) is 3.47. The minimum absolute atomic E-state index is 0.148. The summed E-state index contributed by atoms with van der Waals surface area (Å²) in [4.78, 5) is 43.4. The van der Waals surface area contributed by atoms with Crippen molar-refractivity contribution >= 4 is 29.3 Å². The number of carbonyl (C=O) groups is 2. The van der Waals surface area contributed by atoms with Crippen molar-refractivity contribution in [3.63, 3.8) is 0 Å². The molecule has 9 nitrogen and oxygen atoms in total. The van der Waals surface area contributed by atoms with Gasteiger partial charge < -0.3 is 14.8 Å². The number of esters is 1. The fourth-order valence-electron chi connectivity index (χ4n) is 4.14. The van der Waals surface area contributed by atoms with Crippen molar-refractivity contribution in [1.82, 2.24) is 14.5 Å². The normalized spacial score (nSPS) is 15.8. The Morgan fingerprint density at radius 2 is 1.91 bits per heavy atom. The Morgan fingerprint density at radius 3 is 2.64 bits per heavy atom. The van der Waals surface area contributed by atoms with E-state index in [0.717, 1.165) is 63.4 Å². The highest BCUT2D eigenvalue weighted by molar-refractivity contribution is 8.00. The highest BCUT2D eigenvalue weighted by Gasteiger charge is 2.23. The molecule has 1 aromatic heterocycles. The summed E-state index contributed by atoms with van der Waals surface area (Å²) in [6, 6.07) is 6.50. The Labute approximate surface area is 196 Å². The molecule has 1 aromatic carbocycles. The van der Waals surface area contributed by atoms with E-state index < -0.39 is 5.97 Å². The Kier molecular flexibility index (Phi) is 7.79. The maximum Gasteiger partial charge on any atom is 0.348 e. The van der Waals surface area contributed by atoms with Crippen LogP contribution in [0.3, 0.4) is 0 Å². The van der Waals surface area contributed by atoms with E-state index >= 15 is 0 Å². The second-order valence-electron chi connectivity index (χ2n) is 7.99. The average molecular weight is 473 g/mol. The van der Waals surface area contributed by atoms with E-state index in [-0.39, 0.29) is 17.3 Å². The number of methoxy groups -OCH3 is 1. The number of hydrogen-bond donors (Lipinski definition) is 1. The molecule has 2 heterocycles. The lowest BCUT2D eigenvalue weighted by molar-refractivity contribution is -0.113. The molecule has 2 aliphatic rings. The van der Waals surface area contributed by atoms with Crippen LogP contribution in [-0.4, -0.2) is 72.0 Å². The highest BCUT2D eigenvalue weighted by atomic mass is 32.2. The number of ether oxygens (including phenoxy) is 2. The van der Waals surface area contributed by atoms with Crippen LogP contribution in [0.25, 0.3) is 0 Å². The maximum absolute atomic E-state index is 12.8. The molecule has 0 spiro atoms. The number of hydrogen-bond acceptors (Lipinski definition) is 8. The molecule has 10 heteroatoms. The van der Waals surface area contributed by atoms with Crippen molar-refractivity contribution in [2.75, 3.05) is 51.0 Å². The molecular weight excluding hydrogens is 444 g/mol. The predicted molar refractivity (Wildman–Crippen MR) is 125 cm³/mol. The van der Waals surface area contributed by atoms with E-state index in [0.29, 0.717) is 22.8 Å². The number of aromatic nitrogens is 2. The van der Waals surface area contributed by atoms with Crippen molar-refractivity contribution in [1.29, 1.82) is 0 Å². The van der Waals surface area contributed by atoms with Gasteiger partial charge in [0.05, 0.1) is 31.6 Å². The van der Waals surface area contributed by atoms with Gasteiger partial charge in [-0.15, -0.1) is 0 Å². The second kappa shape index (κ2) is 11.0. The van der Waals surface area contributed by atoms with Crippen LogP contribution in [-0.2, 0) is 33.7 Å². The van der Waals surface area contributed by atoms with E-state index in [1.165, 1.54) is 18.9 Å². The zero-order valence-electron chi connectivity index (χ0n) is 18.7. The van der Waals surface area contributed by atoms with E-state index in [9.17, 15) is 14.4 Å². The van der Waals surface area contributed by atoms with E-state index in [2.05, 4.69) is 19.9 Å². The SMILES string of the molecule is COC(=O)c1ccc(NC(=O)CSc2nc(=O)n(CCN3CCOCC3)c3c2CCC3)cc1. The first-order chi connectivity index (χ1) is 16.0. The number of carbonyl (C=O) groups excluding carboxylic acids is 2. The number of nitrogens with one attached hydrogen (secondary N) is 1. The van der Waals surface area contributed by atoms with Gasteiger partial charge in [-0.05, 0) is 43.5 Å². The van der Waals surface area contributed by atoms with Gasteiger partial charge in [-0.3, -0.25) is 14.3 Å². The third-order valence-electron chi connectivity index (χ3n) is 5.87. The lowest BCUT2D eigenvalue weighted by Gasteiger charge is -2.27. The minimum Gasteiger partial charge on any atom is -0.465 e. The molecule has 4 rings (SSSR count). The molecule has 33 heavy (non-hydrogen) atoms. The van der Waals surface area contributed by atoms with Gasteiger partial charge in [0.1, 0.15) is 5.03 Å². The summed E-state index contributed by atoms with van der Waals surface area (Å²) in [6.07, 6.45) is 2.73. The van der Waals surface area contributed by atoms with Crippen LogP contribution in [0.2, 0.25) is 0 Å². The summed E-state index contributed by atoms with van der Waals surface area (Å²) in [7, 11) is 1.32. The quantitative estimate of drug-likeness (QED) is 0.351. The molecule has 0 radical (unpaired) electrons. The first kappa shape index (κ1) is 23.5. The molecule has 1 aliphatic heterocycles. The van der Waals surface area contributed by atoms with E-state index in [1.54, 1.807) is 24.3 Å². The van der Waals surface area contributed by atoms with Gasteiger partial charge in [0.25, 0.3) is 0 Å². The molecule has 0 bridgehead atoms. The van der Waals surface area contributed by atoms with Gasteiger partial charge in [0.2, 0.25) is 5.91 Å². The Balaban J connectivity index is 1.37. The molecule has 1 aliphatic carbocycles. The number of rotatable bonds is 8. The summed E-state index contributed by atoms with van der Waals surface area (Å²) < 4.78 is 11.9. The fraction of sp³-hybridized carbons (Fsp3) is 0.478. The molecule has 1 N–H and O–H groups in total. The van der Waals surface area contributed by atoms with Crippen molar-refractivity contribution < 1.29 is 19.1 Å². The highest BCUT2D eigenvalue weighted by Crippen LogP contribution is 2.29. The zero-order chi connectivity index (χ0) is 23.2. The number of morpholine rings is 1. The zero-order valence-corrected chi connectivity index (χ0v) is 19.5. The van der Waals surface area contributed by atoms with Gasteiger partial charge in [0, 0.05) is 43.1 Å². The van der Waals surface area contributed by atoms with E-state index in [1.807, 2.05) is 4.57 Å². The third-order valence-corrected chi connectivity index (χ3v) is 6.89. The van der Waals surface area contributed by atoms with Crippen LogP contribution in [0, 0.1) is 0 Å². The van der Waals surface area contributed by atoms with Crippen molar-refractivity contribution in [2.24, 2.45) is 0 Å². The number of fused-ring (bicyclic) bond motifs is 1. The van der Waals surface area contributed by atoms with Gasteiger partial charge in [0.15, 0.2) is 0 Å². The number of anilines is 1. The Bertz CT molecular complexity index is 1060. The molecule has 176 valence electrons. The second-order valence-corrected chi connectivity index (χ2v) is 8.95. The van der Waals surface area contributed by atoms with Crippen LogP contribution < -0.4 is 11.0 Å². The van der Waals surface area contributed by atoms with Gasteiger partial charge in [-0.1, -0.05) is 11.8 Å². The molecule has 0 atom stereocenters. The summed E-state index contributed by atoms with van der Waals surface area (Å²) in [6.45, 7) is 4.68. The molecule has 0 saturated carbocycles. The van der Waals surface area contributed by atoms with Crippen LogP contribution in [0.15, 0.2) is 34.1 Å².